The molecule has 0 saturated carbocycles. The summed E-state index contributed by atoms with van der Waals surface area (Å²) in [7, 11) is 9.65. The van der Waals surface area contributed by atoms with Crippen LogP contribution in [0.5, 0.6) is 0 Å². The second kappa shape index (κ2) is 10.2. The molecule has 3 rings (SSSR count). The summed E-state index contributed by atoms with van der Waals surface area (Å²) in [5.41, 5.74) is 2.31. The van der Waals surface area contributed by atoms with Crippen LogP contribution in [0.1, 0.15) is 18.1 Å². The first-order valence-electron chi connectivity index (χ1n) is 7.26. The van der Waals surface area contributed by atoms with E-state index in [0.717, 1.165) is 16.7 Å². The van der Waals surface area contributed by atoms with E-state index < -0.39 is 0 Å². The first kappa shape index (κ1) is 19.4. The fourth-order valence-electron chi connectivity index (χ4n) is 2.15. The van der Waals surface area contributed by atoms with Crippen molar-refractivity contribution < 1.29 is 18.5 Å². The normalized spacial score (nSPS) is 11.8. The van der Waals surface area contributed by atoms with Crippen molar-refractivity contribution in [2.24, 2.45) is 10.2 Å². The molecule has 0 fully saturated rings. The number of pyridine rings is 1. The van der Waals surface area contributed by atoms with Crippen molar-refractivity contribution in [2.75, 3.05) is 0 Å². The van der Waals surface area contributed by atoms with Gasteiger partial charge < -0.3 is 5.11 Å². The molecule has 0 atom stereocenters. The molecule has 0 bridgehead atoms. The van der Waals surface area contributed by atoms with Crippen LogP contribution in [0.2, 0.25) is 0 Å². The van der Waals surface area contributed by atoms with Gasteiger partial charge in [0.25, 0.3) is 0 Å². The molecule has 25 heavy (non-hydrogen) atoms. The molecule has 0 amide bonds. The number of aliphatic hydroxyl groups excluding tert-OH is 1. The van der Waals surface area contributed by atoms with Crippen molar-refractivity contribution in [3.05, 3.63) is 78.1 Å². The summed E-state index contributed by atoms with van der Waals surface area (Å²) in [4.78, 5) is 3.90. The van der Waals surface area contributed by atoms with Crippen LogP contribution >= 0.6 is 20.1 Å². The SMILES string of the molecule is C/C(=N\N=C(/O)c1ccncc1)c1ccc2ccccc2c1.[Cl][Cr][Cl]. The van der Waals surface area contributed by atoms with Gasteiger partial charge in [0.15, 0.2) is 0 Å². The number of aliphatic hydroxyl groups is 1. The summed E-state index contributed by atoms with van der Waals surface area (Å²) in [5, 5.41) is 20.2. The fourth-order valence-corrected chi connectivity index (χ4v) is 2.15. The van der Waals surface area contributed by atoms with Crippen LogP contribution in [-0.4, -0.2) is 21.7 Å². The third kappa shape index (κ3) is 5.84. The summed E-state index contributed by atoms with van der Waals surface area (Å²) < 4.78 is 0. The maximum absolute atomic E-state index is 9.90. The molecule has 4 nitrogen and oxygen atoms in total. The molecule has 1 N–H and O–H groups in total. The second-order valence-electron chi connectivity index (χ2n) is 4.97. The van der Waals surface area contributed by atoms with Gasteiger partial charge in [0.1, 0.15) is 0 Å². The van der Waals surface area contributed by atoms with Crippen LogP contribution in [0.15, 0.2) is 77.2 Å². The summed E-state index contributed by atoms with van der Waals surface area (Å²) in [6.45, 7) is 1.87. The Morgan fingerprint density at radius 2 is 1.56 bits per heavy atom. The van der Waals surface area contributed by atoms with Gasteiger partial charge in [0.05, 0.1) is 5.71 Å². The zero-order valence-corrected chi connectivity index (χ0v) is 16.1. The molecular formula is C18H15Cl2CrN3O. The molecule has 0 unspecified atom stereocenters. The Bertz CT molecular complexity index is 886. The Hall–Kier alpha value is -1.90. The number of fused-ring (bicyclic) bond motifs is 1. The van der Waals surface area contributed by atoms with Crippen molar-refractivity contribution in [3.63, 3.8) is 0 Å². The molecule has 0 saturated heterocycles. The van der Waals surface area contributed by atoms with E-state index in [1.165, 1.54) is 5.39 Å². The number of aromatic nitrogens is 1. The van der Waals surface area contributed by atoms with Gasteiger partial charge in [0, 0.05) is 18.0 Å². The number of benzene rings is 2. The summed E-state index contributed by atoms with van der Waals surface area (Å²) in [6.07, 6.45) is 3.20. The second-order valence-corrected chi connectivity index (χ2v) is 7.07. The summed E-state index contributed by atoms with van der Waals surface area (Å²) in [6, 6.07) is 17.6. The van der Waals surface area contributed by atoms with Crippen molar-refractivity contribution in [2.45, 2.75) is 6.92 Å². The van der Waals surface area contributed by atoms with Crippen molar-refractivity contribution in [3.8, 4) is 0 Å². The number of hydrogen-bond donors (Lipinski definition) is 1. The topological polar surface area (TPSA) is 57.8 Å². The van der Waals surface area contributed by atoms with E-state index in [4.69, 9.17) is 20.1 Å². The van der Waals surface area contributed by atoms with E-state index in [2.05, 4.69) is 39.5 Å². The van der Waals surface area contributed by atoms with Gasteiger partial charge in [-0.3, -0.25) is 4.98 Å². The third-order valence-electron chi connectivity index (χ3n) is 3.40. The monoisotopic (exact) mass is 411 g/mol. The van der Waals surface area contributed by atoms with Crippen molar-refractivity contribution in [1.82, 2.24) is 4.98 Å². The standard InChI is InChI=1S/C18H15N3O.2ClH.Cr/c1-13(20-21-18(22)15-8-10-19-11-9-15)16-7-6-14-4-2-3-5-17(14)12-16;;;/h2-12H,1H3,(H,21,22);2*1H;/q;;;+2/p-2/b20-13+;;;. The van der Waals surface area contributed by atoms with Crippen LogP contribution in [0.4, 0.5) is 0 Å². The Morgan fingerprint density at radius 1 is 0.920 bits per heavy atom. The number of halogens is 2. The Balaban J connectivity index is 0.000000701. The van der Waals surface area contributed by atoms with Crippen LogP contribution in [0, 0.1) is 0 Å². The van der Waals surface area contributed by atoms with Gasteiger partial charge in [-0.25, -0.2) is 0 Å². The summed E-state index contributed by atoms with van der Waals surface area (Å²) >= 11 is -0.181. The maximum atomic E-state index is 9.90. The molecule has 0 spiro atoms. The van der Waals surface area contributed by atoms with Crippen molar-refractivity contribution in [1.29, 1.82) is 0 Å². The van der Waals surface area contributed by atoms with E-state index >= 15 is 0 Å². The van der Waals surface area contributed by atoms with E-state index in [1.54, 1.807) is 24.5 Å². The van der Waals surface area contributed by atoms with E-state index in [0.29, 0.717) is 5.56 Å². The Morgan fingerprint density at radius 3 is 2.24 bits per heavy atom. The van der Waals surface area contributed by atoms with E-state index in [9.17, 15) is 5.11 Å². The minimum atomic E-state index is -0.181. The van der Waals surface area contributed by atoms with Gasteiger partial charge in [-0.1, -0.05) is 36.4 Å². The number of rotatable bonds is 3. The molecule has 0 radical (unpaired) electrons. The van der Waals surface area contributed by atoms with E-state index in [-0.39, 0.29) is 19.3 Å². The van der Waals surface area contributed by atoms with Gasteiger partial charge in [-0.05, 0) is 41.5 Å². The molecule has 128 valence electrons. The molecule has 0 aliphatic carbocycles. The van der Waals surface area contributed by atoms with E-state index in [1.807, 2.05) is 25.1 Å². The average Bonchev–Trinajstić information content (AvgIpc) is 2.66. The molecule has 0 aliphatic rings. The van der Waals surface area contributed by atoms with Crippen LogP contribution in [-0.2, 0) is 13.4 Å². The first-order chi connectivity index (χ1) is 12.2. The number of nitrogens with zero attached hydrogens (tertiary/aromatic N) is 3. The molecule has 1 aromatic heterocycles. The fraction of sp³-hybridized carbons (Fsp3) is 0.0556. The van der Waals surface area contributed by atoms with Crippen LogP contribution in [0.25, 0.3) is 10.8 Å². The minimum absolute atomic E-state index is 0.123. The molecule has 2 aromatic carbocycles. The van der Waals surface area contributed by atoms with Crippen LogP contribution < -0.4 is 0 Å². The quantitative estimate of drug-likeness (QED) is 0.359. The van der Waals surface area contributed by atoms with Gasteiger partial charge in [0.2, 0.25) is 5.90 Å². The van der Waals surface area contributed by atoms with Crippen molar-refractivity contribution >= 4 is 42.5 Å². The zero-order chi connectivity index (χ0) is 18.1. The van der Waals surface area contributed by atoms with Gasteiger partial charge in [-0.15, -0.1) is 5.10 Å². The molecule has 1 heterocycles. The predicted octanol–water partition coefficient (Wildman–Crippen LogP) is 5.34. The molecule has 0 aliphatic heterocycles. The third-order valence-corrected chi connectivity index (χ3v) is 3.40. The zero-order valence-electron chi connectivity index (χ0n) is 13.3. The van der Waals surface area contributed by atoms with Crippen LogP contribution in [0.3, 0.4) is 0 Å². The number of hydrogen-bond acceptors (Lipinski definition) is 3. The molecule has 7 heteroatoms. The predicted molar refractivity (Wildman–Crippen MR) is 101 cm³/mol. The Kier molecular flexibility index (Phi) is 7.91. The van der Waals surface area contributed by atoms with Gasteiger partial charge >= 0.3 is 33.5 Å². The molecular weight excluding hydrogens is 397 g/mol. The van der Waals surface area contributed by atoms with Gasteiger partial charge in [-0.2, -0.15) is 5.10 Å². The molecule has 3 aromatic rings. The average molecular weight is 412 g/mol. The first-order valence-corrected chi connectivity index (χ1v) is 10.8. The summed E-state index contributed by atoms with van der Waals surface area (Å²) in [5.74, 6) is -0.123. The Labute approximate surface area is 161 Å².